The summed E-state index contributed by atoms with van der Waals surface area (Å²) in [6.07, 6.45) is 0. The van der Waals surface area contributed by atoms with E-state index in [4.69, 9.17) is 18.9 Å². The molecule has 0 bridgehead atoms. The van der Waals surface area contributed by atoms with Crippen molar-refractivity contribution in [3.05, 3.63) is 47.5 Å². The van der Waals surface area contributed by atoms with Crippen LogP contribution in [0.2, 0.25) is 0 Å². The monoisotopic (exact) mass is 315 g/mol. The smallest absolute Gasteiger partial charge is 0.231 e. The first kappa shape index (κ1) is 15.5. The standard InChI is InChI=1S/C18H21NO4/c1-12(15-9-14(20-2)7-8-16(15)21-3)19-10-13-5-4-6-17-18(13)23-11-22-17/h4-9,12,19H,10-11H2,1-3H3/t12-/m0/s1. The molecule has 0 aliphatic carbocycles. The van der Waals surface area contributed by atoms with Gasteiger partial charge in [0.15, 0.2) is 11.5 Å². The molecule has 0 unspecified atom stereocenters. The molecule has 0 aromatic heterocycles. The van der Waals surface area contributed by atoms with Crippen molar-refractivity contribution in [2.24, 2.45) is 0 Å². The maximum Gasteiger partial charge on any atom is 0.231 e. The van der Waals surface area contributed by atoms with Gasteiger partial charge in [0.25, 0.3) is 0 Å². The zero-order valence-electron chi connectivity index (χ0n) is 13.6. The summed E-state index contributed by atoms with van der Waals surface area (Å²) in [6.45, 7) is 3.05. The van der Waals surface area contributed by atoms with E-state index in [0.717, 1.165) is 34.1 Å². The van der Waals surface area contributed by atoms with Gasteiger partial charge < -0.3 is 24.3 Å². The number of hydrogen-bond acceptors (Lipinski definition) is 5. The summed E-state index contributed by atoms with van der Waals surface area (Å²) in [7, 11) is 3.33. The minimum Gasteiger partial charge on any atom is -0.497 e. The van der Waals surface area contributed by atoms with Gasteiger partial charge in [-0.2, -0.15) is 0 Å². The Morgan fingerprint density at radius 1 is 1.13 bits per heavy atom. The Morgan fingerprint density at radius 2 is 2.00 bits per heavy atom. The molecule has 2 aromatic rings. The van der Waals surface area contributed by atoms with Crippen molar-refractivity contribution in [1.82, 2.24) is 5.32 Å². The molecule has 0 fully saturated rings. The van der Waals surface area contributed by atoms with Crippen LogP contribution >= 0.6 is 0 Å². The summed E-state index contributed by atoms with van der Waals surface area (Å²) in [5, 5.41) is 3.50. The second-order valence-electron chi connectivity index (χ2n) is 5.36. The highest BCUT2D eigenvalue weighted by molar-refractivity contribution is 5.48. The second kappa shape index (κ2) is 6.79. The van der Waals surface area contributed by atoms with E-state index < -0.39 is 0 Å². The molecule has 122 valence electrons. The van der Waals surface area contributed by atoms with E-state index in [9.17, 15) is 0 Å². The molecule has 23 heavy (non-hydrogen) atoms. The van der Waals surface area contributed by atoms with Crippen molar-refractivity contribution in [2.75, 3.05) is 21.0 Å². The van der Waals surface area contributed by atoms with E-state index in [2.05, 4.69) is 12.2 Å². The van der Waals surface area contributed by atoms with Gasteiger partial charge >= 0.3 is 0 Å². The first-order valence-electron chi connectivity index (χ1n) is 7.55. The number of methoxy groups -OCH3 is 2. The van der Waals surface area contributed by atoms with Gasteiger partial charge in [-0.15, -0.1) is 0 Å². The van der Waals surface area contributed by atoms with Crippen LogP contribution < -0.4 is 24.3 Å². The molecule has 2 aromatic carbocycles. The van der Waals surface area contributed by atoms with Crippen LogP contribution in [0.3, 0.4) is 0 Å². The molecule has 0 saturated carbocycles. The Balaban J connectivity index is 1.75. The molecule has 1 atom stereocenters. The summed E-state index contributed by atoms with van der Waals surface area (Å²) in [5.41, 5.74) is 2.13. The number of rotatable bonds is 6. The highest BCUT2D eigenvalue weighted by atomic mass is 16.7. The van der Waals surface area contributed by atoms with Gasteiger partial charge in [-0.25, -0.2) is 0 Å². The lowest BCUT2D eigenvalue weighted by Crippen LogP contribution is -2.19. The Kier molecular flexibility index (Phi) is 4.57. The Labute approximate surface area is 136 Å². The van der Waals surface area contributed by atoms with Gasteiger partial charge in [0.1, 0.15) is 11.5 Å². The molecule has 1 aliphatic rings. The fourth-order valence-electron chi connectivity index (χ4n) is 2.68. The molecule has 0 saturated heterocycles. The normalized spacial score (nSPS) is 13.7. The minimum atomic E-state index is 0.0956. The summed E-state index contributed by atoms with van der Waals surface area (Å²) >= 11 is 0. The molecule has 1 N–H and O–H groups in total. The van der Waals surface area contributed by atoms with E-state index in [1.54, 1.807) is 14.2 Å². The van der Waals surface area contributed by atoms with Crippen molar-refractivity contribution in [2.45, 2.75) is 19.5 Å². The summed E-state index contributed by atoms with van der Waals surface area (Å²) in [6, 6.07) is 11.8. The fourth-order valence-corrected chi connectivity index (χ4v) is 2.68. The van der Waals surface area contributed by atoms with Crippen molar-refractivity contribution in [1.29, 1.82) is 0 Å². The van der Waals surface area contributed by atoms with E-state index in [1.807, 2.05) is 36.4 Å². The predicted octanol–water partition coefficient (Wildman–Crippen LogP) is 3.28. The summed E-state index contributed by atoms with van der Waals surface area (Å²) in [5.74, 6) is 3.27. The van der Waals surface area contributed by atoms with Gasteiger partial charge in [-0.3, -0.25) is 0 Å². The summed E-state index contributed by atoms with van der Waals surface area (Å²) in [4.78, 5) is 0. The number of para-hydroxylation sites is 1. The molecule has 5 heteroatoms. The molecular weight excluding hydrogens is 294 g/mol. The van der Waals surface area contributed by atoms with E-state index in [1.165, 1.54) is 0 Å². The third-order valence-corrected chi connectivity index (χ3v) is 3.98. The zero-order valence-corrected chi connectivity index (χ0v) is 13.6. The van der Waals surface area contributed by atoms with Gasteiger partial charge in [0.05, 0.1) is 14.2 Å². The van der Waals surface area contributed by atoms with Crippen LogP contribution in [-0.4, -0.2) is 21.0 Å². The van der Waals surface area contributed by atoms with Gasteiger partial charge in [-0.1, -0.05) is 12.1 Å². The van der Waals surface area contributed by atoms with Crippen molar-refractivity contribution in [3.8, 4) is 23.0 Å². The van der Waals surface area contributed by atoms with Crippen LogP contribution in [0.5, 0.6) is 23.0 Å². The van der Waals surface area contributed by atoms with Gasteiger partial charge in [0.2, 0.25) is 6.79 Å². The van der Waals surface area contributed by atoms with Crippen LogP contribution in [0.15, 0.2) is 36.4 Å². The van der Waals surface area contributed by atoms with Crippen LogP contribution in [0, 0.1) is 0 Å². The Hall–Kier alpha value is -2.40. The first-order valence-corrected chi connectivity index (χ1v) is 7.55. The van der Waals surface area contributed by atoms with Gasteiger partial charge in [0, 0.05) is 23.7 Å². The third kappa shape index (κ3) is 3.19. The highest BCUT2D eigenvalue weighted by Gasteiger charge is 2.18. The number of fused-ring (bicyclic) bond motifs is 1. The number of ether oxygens (including phenoxy) is 4. The largest absolute Gasteiger partial charge is 0.497 e. The molecular formula is C18H21NO4. The maximum absolute atomic E-state index is 5.54. The Morgan fingerprint density at radius 3 is 2.78 bits per heavy atom. The van der Waals surface area contributed by atoms with Gasteiger partial charge in [-0.05, 0) is 31.2 Å². The number of nitrogens with one attached hydrogen (secondary N) is 1. The van der Waals surface area contributed by atoms with E-state index in [0.29, 0.717) is 6.54 Å². The van der Waals surface area contributed by atoms with Crippen LogP contribution in [0.4, 0.5) is 0 Å². The molecule has 3 rings (SSSR count). The van der Waals surface area contributed by atoms with Crippen LogP contribution in [0.25, 0.3) is 0 Å². The third-order valence-electron chi connectivity index (χ3n) is 3.98. The summed E-state index contributed by atoms with van der Waals surface area (Å²) < 4.78 is 21.7. The highest BCUT2D eigenvalue weighted by Crippen LogP contribution is 2.36. The molecule has 0 spiro atoms. The topological polar surface area (TPSA) is 49.0 Å². The van der Waals surface area contributed by atoms with Crippen LogP contribution in [-0.2, 0) is 6.54 Å². The maximum atomic E-state index is 5.54. The average molecular weight is 315 g/mol. The number of hydrogen-bond donors (Lipinski definition) is 1. The quantitative estimate of drug-likeness (QED) is 0.886. The number of benzene rings is 2. The lowest BCUT2D eigenvalue weighted by molar-refractivity contribution is 0.173. The van der Waals surface area contributed by atoms with E-state index >= 15 is 0 Å². The van der Waals surface area contributed by atoms with Crippen LogP contribution in [0.1, 0.15) is 24.1 Å². The van der Waals surface area contributed by atoms with Crippen molar-refractivity contribution < 1.29 is 18.9 Å². The van der Waals surface area contributed by atoms with Crippen molar-refractivity contribution in [3.63, 3.8) is 0 Å². The predicted molar refractivity (Wildman–Crippen MR) is 87.4 cm³/mol. The van der Waals surface area contributed by atoms with Crippen molar-refractivity contribution >= 4 is 0 Å². The zero-order chi connectivity index (χ0) is 16.2. The first-order chi connectivity index (χ1) is 11.2. The molecule has 1 heterocycles. The fraction of sp³-hybridized carbons (Fsp3) is 0.333. The molecule has 0 amide bonds. The molecule has 1 aliphatic heterocycles. The minimum absolute atomic E-state index is 0.0956. The average Bonchev–Trinajstić information content (AvgIpc) is 3.08. The van der Waals surface area contributed by atoms with E-state index in [-0.39, 0.29) is 12.8 Å². The Bertz CT molecular complexity index is 687. The second-order valence-corrected chi connectivity index (χ2v) is 5.36. The SMILES string of the molecule is COc1ccc(OC)c([C@H](C)NCc2cccc3c2OCO3)c1. The molecule has 5 nitrogen and oxygen atoms in total. The lowest BCUT2D eigenvalue weighted by atomic mass is 10.1. The lowest BCUT2D eigenvalue weighted by Gasteiger charge is -2.18. The molecule has 0 radical (unpaired) electrons.